The van der Waals surface area contributed by atoms with E-state index in [2.05, 4.69) is 27.4 Å². The van der Waals surface area contributed by atoms with Crippen LogP contribution in [-0.4, -0.2) is 67.1 Å². The van der Waals surface area contributed by atoms with E-state index in [-0.39, 0.29) is 11.8 Å². The molecule has 1 aromatic carbocycles. The predicted octanol–water partition coefficient (Wildman–Crippen LogP) is 1.30. The number of benzene rings is 1. The number of aromatic amines is 1. The van der Waals surface area contributed by atoms with Crippen LogP contribution < -0.4 is 10.6 Å². The first-order valence-electron chi connectivity index (χ1n) is 9.93. The number of fused-ring (bicyclic) bond motifs is 1. The van der Waals surface area contributed by atoms with Crippen LogP contribution in [0.1, 0.15) is 19.4 Å². The fraction of sp³-hybridized carbons (Fsp3) is 0.524. The van der Waals surface area contributed by atoms with Gasteiger partial charge in [-0.1, -0.05) is 25.1 Å². The van der Waals surface area contributed by atoms with Crippen LogP contribution in [0.25, 0.3) is 10.9 Å². The molecule has 7 nitrogen and oxygen atoms in total. The van der Waals surface area contributed by atoms with Gasteiger partial charge in [0.15, 0.2) is 0 Å². The van der Waals surface area contributed by atoms with Crippen LogP contribution in [0, 0.1) is 5.92 Å². The zero-order chi connectivity index (χ0) is 19.9. The van der Waals surface area contributed by atoms with Gasteiger partial charge >= 0.3 is 0 Å². The first-order chi connectivity index (χ1) is 13.5. The van der Waals surface area contributed by atoms with Crippen LogP contribution in [-0.2, 0) is 20.7 Å². The average Bonchev–Trinajstić information content (AvgIpc) is 3.09. The number of nitrogens with zero attached hydrogens (tertiary/aromatic N) is 1. The number of carbonyl (C=O) groups is 2. The van der Waals surface area contributed by atoms with E-state index in [9.17, 15) is 9.59 Å². The first kappa shape index (κ1) is 20.4. The average molecular weight is 386 g/mol. The van der Waals surface area contributed by atoms with Gasteiger partial charge < -0.3 is 20.4 Å². The molecule has 1 aliphatic heterocycles. The van der Waals surface area contributed by atoms with Gasteiger partial charge in [-0.25, -0.2) is 0 Å². The monoisotopic (exact) mass is 386 g/mol. The maximum Gasteiger partial charge on any atom is 0.242 e. The lowest BCUT2D eigenvalue weighted by molar-refractivity contribution is -0.128. The van der Waals surface area contributed by atoms with Crippen molar-refractivity contribution in [2.24, 2.45) is 5.92 Å². The number of hydrogen-bond donors (Lipinski definition) is 3. The third-order valence-corrected chi connectivity index (χ3v) is 5.09. The Balaban J connectivity index is 1.57. The minimum absolute atomic E-state index is 0.144. The summed E-state index contributed by atoms with van der Waals surface area (Å²) in [7, 11) is 0. The molecule has 1 fully saturated rings. The normalized spacial score (nSPS) is 17.2. The quantitative estimate of drug-likeness (QED) is 0.638. The van der Waals surface area contributed by atoms with Gasteiger partial charge in [0.05, 0.1) is 13.2 Å². The van der Waals surface area contributed by atoms with Gasteiger partial charge in [0.2, 0.25) is 11.8 Å². The topological polar surface area (TPSA) is 86.5 Å². The van der Waals surface area contributed by atoms with Gasteiger partial charge in [-0.15, -0.1) is 0 Å². The molecule has 2 amide bonds. The van der Waals surface area contributed by atoms with Gasteiger partial charge in [0, 0.05) is 56.6 Å². The molecule has 1 aliphatic rings. The number of hydrogen-bond acceptors (Lipinski definition) is 4. The number of rotatable bonds is 8. The van der Waals surface area contributed by atoms with Crippen LogP contribution in [0.5, 0.6) is 0 Å². The summed E-state index contributed by atoms with van der Waals surface area (Å²) >= 11 is 0. The summed E-state index contributed by atoms with van der Waals surface area (Å²) in [5.74, 6) is -0.0243. The molecule has 7 heteroatoms. The van der Waals surface area contributed by atoms with Gasteiger partial charge in [-0.05, 0) is 17.5 Å². The smallest absolute Gasteiger partial charge is 0.242 e. The van der Waals surface area contributed by atoms with E-state index >= 15 is 0 Å². The molecule has 2 heterocycles. The Morgan fingerprint density at radius 2 is 2.00 bits per heavy atom. The molecule has 1 saturated heterocycles. The number of carbonyl (C=O) groups excluding carboxylic acids is 2. The SMILES string of the molecule is CC(=O)NC(Cc1c[nH]c2ccccc12)C(=O)NCC(C)CN1CCOCC1. The van der Waals surface area contributed by atoms with E-state index in [0.29, 0.717) is 18.9 Å². The summed E-state index contributed by atoms with van der Waals surface area (Å²) < 4.78 is 5.37. The van der Waals surface area contributed by atoms with Crippen LogP contribution in [0.3, 0.4) is 0 Å². The van der Waals surface area contributed by atoms with E-state index in [1.165, 1.54) is 6.92 Å². The molecule has 152 valence electrons. The Labute approximate surface area is 165 Å². The third-order valence-electron chi connectivity index (χ3n) is 5.09. The zero-order valence-corrected chi connectivity index (χ0v) is 16.7. The van der Waals surface area contributed by atoms with Crippen LogP contribution in [0.15, 0.2) is 30.5 Å². The van der Waals surface area contributed by atoms with Gasteiger partial charge in [-0.3, -0.25) is 14.5 Å². The second kappa shape index (κ2) is 9.71. The van der Waals surface area contributed by atoms with Crippen molar-refractivity contribution in [1.82, 2.24) is 20.5 Å². The molecule has 3 N–H and O–H groups in total. The van der Waals surface area contributed by atoms with Crippen molar-refractivity contribution in [2.45, 2.75) is 26.3 Å². The molecule has 3 rings (SSSR count). The van der Waals surface area contributed by atoms with E-state index < -0.39 is 6.04 Å². The highest BCUT2D eigenvalue weighted by molar-refractivity contribution is 5.89. The largest absolute Gasteiger partial charge is 0.379 e. The van der Waals surface area contributed by atoms with Crippen molar-refractivity contribution < 1.29 is 14.3 Å². The Morgan fingerprint density at radius 1 is 1.25 bits per heavy atom. The number of nitrogens with one attached hydrogen (secondary N) is 3. The Bertz CT molecular complexity index is 798. The summed E-state index contributed by atoms with van der Waals surface area (Å²) in [5, 5.41) is 6.89. The van der Waals surface area contributed by atoms with Crippen molar-refractivity contribution in [2.75, 3.05) is 39.4 Å². The molecule has 0 aliphatic carbocycles. The summed E-state index contributed by atoms with van der Waals surface area (Å²) in [5.41, 5.74) is 2.05. The number of aromatic nitrogens is 1. The Hall–Kier alpha value is -2.38. The fourth-order valence-corrected chi connectivity index (χ4v) is 3.66. The van der Waals surface area contributed by atoms with Gasteiger partial charge in [-0.2, -0.15) is 0 Å². The second-order valence-electron chi connectivity index (χ2n) is 7.58. The number of ether oxygens (including phenoxy) is 1. The molecule has 0 spiro atoms. The Kier molecular flexibility index (Phi) is 7.06. The summed E-state index contributed by atoms with van der Waals surface area (Å²) in [6.45, 7) is 8.50. The van der Waals surface area contributed by atoms with Crippen molar-refractivity contribution in [3.63, 3.8) is 0 Å². The Morgan fingerprint density at radius 3 is 2.75 bits per heavy atom. The van der Waals surface area contributed by atoms with Crippen molar-refractivity contribution in [3.05, 3.63) is 36.0 Å². The lowest BCUT2D eigenvalue weighted by atomic mass is 10.0. The highest BCUT2D eigenvalue weighted by atomic mass is 16.5. The molecule has 0 radical (unpaired) electrons. The lowest BCUT2D eigenvalue weighted by Crippen LogP contribution is -2.49. The van der Waals surface area contributed by atoms with E-state index in [1.807, 2.05) is 30.5 Å². The van der Waals surface area contributed by atoms with Crippen LogP contribution in [0.4, 0.5) is 0 Å². The second-order valence-corrected chi connectivity index (χ2v) is 7.58. The van der Waals surface area contributed by atoms with Crippen molar-refractivity contribution in [1.29, 1.82) is 0 Å². The summed E-state index contributed by atoms with van der Waals surface area (Å²) in [6.07, 6.45) is 2.36. The van der Waals surface area contributed by atoms with Crippen LogP contribution >= 0.6 is 0 Å². The molecule has 2 unspecified atom stereocenters. The number of para-hydroxylation sites is 1. The van der Waals surface area contributed by atoms with E-state index in [1.54, 1.807) is 0 Å². The molecular formula is C21H30N4O3. The molecular weight excluding hydrogens is 356 g/mol. The number of morpholine rings is 1. The highest BCUT2D eigenvalue weighted by Crippen LogP contribution is 2.19. The predicted molar refractivity (Wildman–Crippen MR) is 109 cm³/mol. The number of H-pyrrole nitrogens is 1. The van der Waals surface area contributed by atoms with Crippen molar-refractivity contribution in [3.8, 4) is 0 Å². The molecule has 1 aromatic heterocycles. The van der Waals surface area contributed by atoms with Gasteiger partial charge in [0.25, 0.3) is 0 Å². The molecule has 2 aromatic rings. The molecule has 0 bridgehead atoms. The maximum atomic E-state index is 12.8. The van der Waals surface area contributed by atoms with E-state index in [0.717, 1.165) is 49.3 Å². The highest BCUT2D eigenvalue weighted by Gasteiger charge is 2.22. The van der Waals surface area contributed by atoms with Gasteiger partial charge in [0.1, 0.15) is 6.04 Å². The summed E-state index contributed by atoms with van der Waals surface area (Å²) in [6, 6.07) is 7.37. The number of amides is 2. The minimum atomic E-state index is -0.590. The molecule has 0 saturated carbocycles. The van der Waals surface area contributed by atoms with E-state index in [4.69, 9.17) is 4.74 Å². The molecule has 28 heavy (non-hydrogen) atoms. The zero-order valence-electron chi connectivity index (χ0n) is 16.7. The van der Waals surface area contributed by atoms with Crippen molar-refractivity contribution >= 4 is 22.7 Å². The molecule has 2 atom stereocenters. The first-order valence-corrected chi connectivity index (χ1v) is 9.93. The standard InChI is InChI=1S/C21H30N4O3/c1-15(14-25-7-9-28-10-8-25)12-23-21(27)20(24-16(2)26)11-17-13-22-19-6-4-3-5-18(17)19/h3-6,13,15,20,22H,7-12,14H2,1-2H3,(H,23,27)(H,24,26). The lowest BCUT2D eigenvalue weighted by Gasteiger charge is -2.29. The maximum absolute atomic E-state index is 12.8. The van der Waals surface area contributed by atoms with Crippen LogP contribution in [0.2, 0.25) is 0 Å². The summed E-state index contributed by atoms with van der Waals surface area (Å²) in [4.78, 5) is 30.0. The third kappa shape index (κ3) is 5.56. The minimum Gasteiger partial charge on any atom is -0.379 e. The fourth-order valence-electron chi connectivity index (χ4n) is 3.66.